The molecule has 2 aromatic rings. The number of aryl methyl sites for hydroxylation is 2. The zero-order valence-corrected chi connectivity index (χ0v) is 14.6. The van der Waals surface area contributed by atoms with E-state index in [1.807, 2.05) is 6.07 Å². The summed E-state index contributed by atoms with van der Waals surface area (Å²) in [5, 5.41) is 3.48. The highest BCUT2D eigenvalue weighted by atomic mass is 16.5. The second-order valence-electron chi connectivity index (χ2n) is 5.92. The fourth-order valence-electron chi connectivity index (χ4n) is 2.55. The van der Waals surface area contributed by atoms with Gasteiger partial charge in [-0.3, -0.25) is 0 Å². The molecule has 0 aromatic heterocycles. The number of methoxy groups -OCH3 is 1. The molecule has 0 saturated carbocycles. The Kier molecular flexibility index (Phi) is 6.33. The van der Waals surface area contributed by atoms with Crippen molar-refractivity contribution in [2.75, 3.05) is 19.0 Å². The summed E-state index contributed by atoms with van der Waals surface area (Å²) >= 11 is 0. The smallest absolute Gasteiger partial charge is 0.161 e. The number of nitrogens with one attached hydrogen (secondary N) is 1. The lowest BCUT2D eigenvalue weighted by Gasteiger charge is -2.13. The number of anilines is 1. The lowest BCUT2D eigenvalue weighted by atomic mass is 10.1. The zero-order valence-electron chi connectivity index (χ0n) is 14.6. The van der Waals surface area contributed by atoms with Gasteiger partial charge in [0.2, 0.25) is 0 Å². The van der Waals surface area contributed by atoms with E-state index >= 15 is 0 Å². The van der Waals surface area contributed by atoms with Gasteiger partial charge in [-0.25, -0.2) is 0 Å². The second kappa shape index (κ2) is 8.47. The van der Waals surface area contributed by atoms with Crippen LogP contribution in [-0.2, 0) is 6.54 Å². The van der Waals surface area contributed by atoms with Crippen molar-refractivity contribution < 1.29 is 9.47 Å². The highest BCUT2D eigenvalue weighted by Crippen LogP contribution is 2.28. The Morgan fingerprint density at radius 1 is 0.957 bits per heavy atom. The molecule has 3 heteroatoms. The number of benzene rings is 2. The molecule has 2 rings (SSSR count). The van der Waals surface area contributed by atoms with E-state index in [9.17, 15) is 0 Å². The summed E-state index contributed by atoms with van der Waals surface area (Å²) in [7, 11) is 1.68. The molecule has 124 valence electrons. The molecular weight excluding hydrogens is 286 g/mol. The largest absolute Gasteiger partial charge is 0.493 e. The van der Waals surface area contributed by atoms with Crippen molar-refractivity contribution in [3.8, 4) is 11.5 Å². The molecule has 1 N–H and O–H groups in total. The first-order chi connectivity index (χ1) is 11.1. The number of hydrogen-bond donors (Lipinski definition) is 1. The monoisotopic (exact) mass is 313 g/mol. The minimum absolute atomic E-state index is 0.723. The van der Waals surface area contributed by atoms with E-state index in [0.29, 0.717) is 0 Å². The highest BCUT2D eigenvalue weighted by molar-refractivity contribution is 5.50. The van der Waals surface area contributed by atoms with Crippen LogP contribution in [0.3, 0.4) is 0 Å². The normalized spacial score (nSPS) is 10.4. The molecule has 3 nitrogen and oxygen atoms in total. The van der Waals surface area contributed by atoms with E-state index in [2.05, 4.69) is 56.4 Å². The minimum atomic E-state index is 0.723. The molecule has 0 unspecified atom stereocenters. The summed E-state index contributed by atoms with van der Waals surface area (Å²) in [5.74, 6) is 1.61. The van der Waals surface area contributed by atoms with Crippen LogP contribution >= 0.6 is 0 Å². The van der Waals surface area contributed by atoms with Gasteiger partial charge in [-0.15, -0.1) is 0 Å². The zero-order chi connectivity index (χ0) is 16.7. The van der Waals surface area contributed by atoms with Gasteiger partial charge in [0.1, 0.15) is 0 Å². The van der Waals surface area contributed by atoms with E-state index in [4.69, 9.17) is 9.47 Å². The van der Waals surface area contributed by atoms with Gasteiger partial charge in [-0.05, 0) is 61.2 Å². The standard InChI is InChI=1S/C20H27NO2/c1-5-6-9-23-20-13-17(7-8-19(20)22-4)14-21-18-11-15(2)10-16(3)12-18/h7-8,10-13,21H,5-6,9,14H2,1-4H3. The van der Waals surface area contributed by atoms with Crippen molar-refractivity contribution in [2.24, 2.45) is 0 Å². The molecule has 0 aliphatic rings. The summed E-state index contributed by atoms with van der Waals surface area (Å²) in [4.78, 5) is 0. The van der Waals surface area contributed by atoms with Gasteiger partial charge in [0, 0.05) is 12.2 Å². The summed E-state index contributed by atoms with van der Waals surface area (Å²) in [6, 6.07) is 12.6. The molecule has 0 spiro atoms. The first-order valence-corrected chi connectivity index (χ1v) is 8.24. The van der Waals surface area contributed by atoms with Gasteiger partial charge in [0.25, 0.3) is 0 Å². The summed E-state index contributed by atoms with van der Waals surface area (Å²) < 4.78 is 11.2. The number of ether oxygens (including phenoxy) is 2. The number of unbranched alkanes of at least 4 members (excludes halogenated alkanes) is 1. The van der Waals surface area contributed by atoms with Crippen LogP contribution in [0.25, 0.3) is 0 Å². The first kappa shape index (κ1) is 17.2. The third kappa shape index (κ3) is 5.20. The second-order valence-corrected chi connectivity index (χ2v) is 5.92. The molecule has 0 fully saturated rings. The van der Waals surface area contributed by atoms with Crippen molar-refractivity contribution in [1.82, 2.24) is 0 Å². The first-order valence-electron chi connectivity index (χ1n) is 8.24. The molecule has 23 heavy (non-hydrogen) atoms. The average molecular weight is 313 g/mol. The van der Waals surface area contributed by atoms with Crippen LogP contribution in [-0.4, -0.2) is 13.7 Å². The fourth-order valence-corrected chi connectivity index (χ4v) is 2.55. The van der Waals surface area contributed by atoms with Crippen molar-refractivity contribution in [1.29, 1.82) is 0 Å². The third-order valence-electron chi connectivity index (χ3n) is 3.70. The predicted molar refractivity (Wildman–Crippen MR) is 96.6 cm³/mol. The van der Waals surface area contributed by atoms with Crippen LogP contribution in [0.4, 0.5) is 5.69 Å². The summed E-state index contributed by atoms with van der Waals surface area (Å²) in [6.07, 6.45) is 2.17. The molecular formula is C20H27NO2. The van der Waals surface area contributed by atoms with Crippen molar-refractivity contribution in [3.05, 3.63) is 53.1 Å². The molecule has 0 atom stereocenters. The molecule has 0 aliphatic carbocycles. The van der Waals surface area contributed by atoms with Crippen molar-refractivity contribution in [2.45, 2.75) is 40.2 Å². The molecule has 0 aliphatic heterocycles. The van der Waals surface area contributed by atoms with Gasteiger partial charge in [-0.1, -0.05) is 25.5 Å². The van der Waals surface area contributed by atoms with Gasteiger partial charge in [0.15, 0.2) is 11.5 Å². The molecule has 0 saturated heterocycles. The van der Waals surface area contributed by atoms with Crippen LogP contribution in [0, 0.1) is 13.8 Å². The Balaban J connectivity index is 2.05. The van der Waals surface area contributed by atoms with Crippen LogP contribution < -0.4 is 14.8 Å². The predicted octanol–water partition coefficient (Wildman–Crippen LogP) is 5.10. The SMILES string of the molecule is CCCCOc1cc(CNc2cc(C)cc(C)c2)ccc1OC. The van der Waals surface area contributed by atoms with Crippen molar-refractivity contribution in [3.63, 3.8) is 0 Å². The Bertz CT molecular complexity index is 617. The van der Waals surface area contributed by atoms with E-state index in [1.54, 1.807) is 7.11 Å². The molecule has 2 aromatic carbocycles. The van der Waals surface area contributed by atoms with Gasteiger partial charge < -0.3 is 14.8 Å². The third-order valence-corrected chi connectivity index (χ3v) is 3.70. The maximum absolute atomic E-state index is 5.85. The lowest BCUT2D eigenvalue weighted by molar-refractivity contribution is 0.288. The quantitative estimate of drug-likeness (QED) is 0.687. The maximum atomic E-state index is 5.85. The number of rotatable bonds is 8. The topological polar surface area (TPSA) is 30.5 Å². The Labute approximate surface area is 139 Å². The molecule has 0 heterocycles. The van der Waals surface area contributed by atoms with E-state index in [-0.39, 0.29) is 0 Å². The van der Waals surface area contributed by atoms with Gasteiger partial charge in [0.05, 0.1) is 13.7 Å². The Morgan fingerprint density at radius 3 is 2.35 bits per heavy atom. The van der Waals surface area contributed by atoms with Gasteiger partial charge >= 0.3 is 0 Å². The van der Waals surface area contributed by atoms with Crippen molar-refractivity contribution >= 4 is 5.69 Å². The Morgan fingerprint density at radius 2 is 1.70 bits per heavy atom. The van der Waals surface area contributed by atoms with Crippen LogP contribution in [0.15, 0.2) is 36.4 Å². The maximum Gasteiger partial charge on any atom is 0.161 e. The molecule has 0 radical (unpaired) electrons. The molecule has 0 bridgehead atoms. The summed E-state index contributed by atoms with van der Waals surface area (Å²) in [6.45, 7) is 7.87. The van der Waals surface area contributed by atoms with Crippen LogP contribution in [0.2, 0.25) is 0 Å². The average Bonchev–Trinajstić information content (AvgIpc) is 2.52. The fraction of sp³-hybridized carbons (Fsp3) is 0.400. The highest BCUT2D eigenvalue weighted by Gasteiger charge is 2.06. The van der Waals surface area contributed by atoms with Crippen LogP contribution in [0.1, 0.15) is 36.5 Å². The minimum Gasteiger partial charge on any atom is -0.493 e. The lowest BCUT2D eigenvalue weighted by Crippen LogP contribution is -2.03. The van der Waals surface area contributed by atoms with E-state index < -0.39 is 0 Å². The summed E-state index contributed by atoms with van der Waals surface area (Å²) in [5.41, 5.74) is 4.86. The van der Waals surface area contributed by atoms with E-state index in [0.717, 1.165) is 43.2 Å². The van der Waals surface area contributed by atoms with Crippen LogP contribution in [0.5, 0.6) is 11.5 Å². The van der Waals surface area contributed by atoms with E-state index in [1.165, 1.54) is 16.7 Å². The number of hydrogen-bond acceptors (Lipinski definition) is 3. The van der Waals surface area contributed by atoms with Gasteiger partial charge in [-0.2, -0.15) is 0 Å². The Hall–Kier alpha value is -2.16. The molecule has 0 amide bonds.